The lowest BCUT2D eigenvalue weighted by Crippen LogP contribution is -2.36. The van der Waals surface area contributed by atoms with E-state index in [-0.39, 0.29) is 0 Å². The Kier molecular flexibility index (Phi) is 13.4. The fraction of sp³-hybridized carbons (Fsp3) is 1.00. The molecular weight excluding hydrogens is 218 g/mol. The van der Waals surface area contributed by atoms with Gasteiger partial charge in [-0.1, -0.05) is 72.6 Å². The van der Waals surface area contributed by atoms with Crippen LogP contribution >= 0.6 is 0 Å². The van der Waals surface area contributed by atoms with Crippen molar-refractivity contribution in [3.63, 3.8) is 0 Å². The molecule has 0 radical (unpaired) electrons. The van der Waals surface area contributed by atoms with Crippen molar-refractivity contribution in [2.24, 2.45) is 5.92 Å². The molecule has 0 saturated heterocycles. The monoisotopic (exact) mass is 255 g/mol. The van der Waals surface area contributed by atoms with Crippen LogP contribution in [0.5, 0.6) is 0 Å². The van der Waals surface area contributed by atoms with Crippen LogP contribution in [0.25, 0.3) is 0 Å². The van der Waals surface area contributed by atoms with E-state index < -0.39 is 0 Å². The third-order valence-corrected chi connectivity index (χ3v) is 4.05. The fourth-order valence-corrected chi connectivity index (χ4v) is 2.78. The third-order valence-electron chi connectivity index (χ3n) is 4.05. The molecule has 110 valence electrons. The number of nitrogens with one attached hydrogen (secondary N) is 1. The van der Waals surface area contributed by atoms with Crippen molar-refractivity contribution < 1.29 is 0 Å². The maximum Gasteiger partial charge on any atom is 0.00952 e. The standard InChI is InChI=1S/C17H37N/c1-5-9-11-12-14-17(18-15-7-3)16(8-4)13-10-6-2/h16-18H,5-15H2,1-4H3. The van der Waals surface area contributed by atoms with Crippen LogP contribution < -0.4 is 5.32 Å². The van der Waals surface area contributed by atoms with Gasteiger partial charge < -0.3 is 5.32 Å². The summed E-state index contributed by atoms with van der Waals surface area (Å²) in [5, 5.41) is 3.81. The number of hydrogen-bond acceptors (Lipinski definition) is 1. The Balaban J connectivity index is 4.06. The second kappa shape index (κ2) is 13.4. The Labute approximate surface area is 116 Å². The summed E-state index contributed by atoms with van der Waals surface area (Å²) in [6.07, 6.45) is 13.7. The van der Waals surface area contributed by atoms with Crippen molar-refractivity contribution in [1.82, 2.24) is 5.32 Å². The van der Waals surface area contributed by atoms with E-state index in [0.29, 0.717) is 0 Å². The van der Waals surface area contributed by atoms with Crippen LogP contribution in [0.2, 0.25) is 0 Å². The Morgan fingerprint density at radius 1 is 0.722 bits per heavy atom. The molecule has 0 heterocycles. The minimum absolute atomic E-state index is 0.776. The number of unbranched alkanes of at least 4 members (excludes halogenated alkanes) is 4. The second-order valence-electron chi connectivity index (χ2n) is 5.72. The predicted octanol–water partition coefficient (Wildman–Crippen LogP) is 5.54. The highest BCUT2D eigenvalue weighted by molar-refractivity contribution is 4.75. The molecule has 1 heteroatoms. The van der Waals surface area contributed by atoms with Gasteiger partial charge in [0, 0.05) is 6.04 Å². The van der Waals surface area contributed by atoms with Gasteiger partial charge in [0.05, 0.1) is 0 Å². The van der Waals surface area contributed by atoms with Crippen molar-refractivity contribution in [2.45, 2.75) is 97.9 Å². The van der Waals surface area contributed by atoms with E-state index in [2.05, 4.69) is 33.0 Å². The van der Waals surface area contributed by atoms with Crippen LogP contribution in [0.15, 0.2) is 0 Å². The lowest BCUT2D eigenvalue weighted by Gasteiger charge is -2.27. The Morgan fingerprint density at radius 3 is 2.00 bits per heavy atom. The molecule has 0 saturated carbocycles. The average Bonchev–Trinajstić information content (AvgIpc) is 2.40. The maximum absolute atomic E-state index is 3.81. The Bertz CT molecular complexity index is 156. The maximum atomic E-state index is 3.81. The molecule has 0 amide bonds. The Morgan fingerprint density at radius 2 is 1.44 bits per heavy atom. The van der Waals surface area contributed by atoms with E-state index in [1.54, 1.807) is 0 Å². The van der Waals surface area contributed by atoms with Gasteiger partial charge in [-0.25, -0.2) is 0 Å². The molecule has 0 fully saturated rings. The van der Waals surface area contributed by atoms with Crippen molar-refractivity contribution in [3.8, 4) is 0 Å². The van der Waals surface area contributed by atoms with Gasteiger partial charge in [0.1, 0.15) is 0 Å². The molecule has 0 aliphatic carbocycles. The molecule has 0 aliphatic heterocycles. The van der Waals surface area contributed by atoms with Crippen molar-refractivity contribution in [2.75, 3.05) is 6.54 Å². The summed E-state index contributed by atoms with van der Waals surface area (Å²) in [5.41, 5.74) is 0. The Hall–Kier alpha value is -0.0400. The second-order valence-corrected chi connectivity index (χ2v) is 5.72. The highest BCUT2D eigenvalue weighted by Crippen LogP contribution is 2.21. The molecule has 1 N–H and O–H groups in total. The van der Waals surface area contributed by atoms with E-state index in [4.69, 9.17) is 0 Å². The van der Waals surface area contributed by atoms with Crippen molar-refractivity contribution >= 4 is 0 Å². The molecule has 0 rings (SSSR count). The van der Waals surface area contributed by atoms with E-state index in [1.165, 1.54) is 70.8 Å². The molecule has 0 spiro atoms. The highest BCUT2D eigenvalue weighted by Gasteiger charge is 2.18. The van der Waals surface area contributed by atoms with Gasteiger partial charge >= 0.3 is 0 Å². The molecule has 18 heavy (non-hydrogen) atoms. The first-order valence-electron chi connectivity index (χ1n) is 8.53. The summed E-state index contributed by atoms with van der Waals surface area (Å²) in [6, 6.07) is 0.776. The lowest BCUT2D eigenvalue weighted by molar-refractivity contribution is 0.296. The molecule has 0 aromatic rings. The van der Waals surface area contributed by atoms with Gasteiger partial charge in [0.25, 0.3) is 0 Å². The first kappa shape index (κ1) is 18.0. The zero-order valence-electron chi connectivity index (χ0n) is 13.4. The summed E-state index contributed by atoms with van der Waals surface area (Å²) in [6.45, 7) is 10.4. The van der Waals surface area contributed by atoms with Crippen LogP contribution in [-0.2, 0) is 0 Å². The van der Waals surface area contributed by atoms with Crippen LogP contribution in [-0.4, -0.2) is 12.6 Å². The van der Waals surface area contributed by atoms with Crippen LogP contribution in [0.4, 0.5) is 0 Å². The third kappa shape index (κ3) is 8.97. The van der Waals surface area contributed by atoms with Crippen LogP contribution in [0, 0.1) is 5.92 Å². The topological polar surface area (TPSA) is 12.0 Å². The normalized spacial score (nSPS) is 14.7. The van der Waals surface area contributed by atoms with Gasteiger partial charge in [-0.2, -0.15) is 0 Å². The quantitative estimate of drug-likeness (QED) is 0.426. The summed E-state index contributed by atoms with van der Waals surface area (Å²) in [5.74, 6) is 0.901. The van der Waals surface area contributed by atoms with E-state index in [9.17, 15) is 0 Å². The summed E-state index contributed by atoms with van der Waals surface area (Å²) in [4.78, 5) is 0. The largest absolute Gasteiger partial charge is 0.314 e. The van der Waals surface area contributed by atoms with Gasteiger partial charge in [-0.05, 0) is 31.7 Å². The average molecular weight is 255 g/mol. The predicted molar refractivity (Wildman–Crippen MR) is 84.1 cm³/mol. The molecule has 0 aromatic heterocycles. The van der Waals surface area contributed by atoms with E-state index in [0.717, 1.165) is 12.0 Å². The molecule has 2 atom stereocenters. The van der Waals surface area contributed by atoms with Crippen molar-refractivity contribution in [1.29, 1.82) is 0 Å². The molecule has 0 aliphatic rings. The molecular formula is C17H37N. The van der Waals surface area contributed by atoms with Crippen LogP contribution in [0.3, 0.4) is 0 Å². The van der Waals surface area contributed by atoms with E-state index in [1.807, 2.05) is 0 Å². The first-order valence-corrected chi connectivity index (χ1v) is 8.53. The van der Waals surface area contributed by atoms with Crippen LogP contribution in [0.1, 0.15) is 91.9 Å². The van der Waals surface area contributed by atoms with Gasteiger partial charge in [0.15, 0.2) is 0 Å². The highest BCUT2D eigenvalue weighted by atomic mass is 14.9. The van der Waals surface area contributed by atoms with Crippen molar-refractivity contribution in [3.05, 3.63) is 0 Å². The number of hydrogen-bond donors (Lipinski definition) is 1. The summed E-state index contributed by atoms with van der Waals surface area (Å²) in [7, 11) is 0. The summed E-state index contributed by atoms with van der Waals surface area (Å²) >= 11 is 0. The molecule has 0 aromatic carbocycles. The van der Waals surface area contributed by atoms with E-state index >= 15 is 0 Å². The molecule has 2 unspecified atom stereocenters. The SMILES string of the molecule is CCCCCCC(NCCC)C(CC)CCCC. The van der Waals surface area contributed by atoms with Gasteiger partial charge in [-0.3, -0.25) is 0 Å². The minimum atomic E-state index is 0.776. The zero-order valence-corrected chi connectivity index (χ0v) is 13.4. The van der Waals surface area contributed by atoms with Gasteiger partial charge in [-0.15, -0.1) is 0 Å². The number of rotatable bonds is 13. The smallest absolute Gasteiger partial charge is 0.00952 e. The fourth-order valence-electron chi connectivity index (χ4n) is 2.78. The van der Waals surface area contributed by atoms with Gasteiger partial charge in [0.2, 0.25) is 0 Å². The zero-order chi connectivity index (χ0) is 13.6. The molecule has 0 bridgehead atoms. The minimum Gasteiger partial charge on any atom is -0.314 e. The lowest BCUT2D eigenvalue weighted by atomic mass is 9.88. The molecule has 1 nitrogen and oxygen atoms in total. The first-order chi connectivity index (χ1) is 8.79. The summed E-state index contributed by atoms with van der Waals surface area (Å²) < 4.78 is 0.